The summed E-state index contributed by atoms with van der Waals surface area (Å²) in [5.74, 6) is 0.773. The highest BCUT2D eigenvalue weighted by Gasteiger charge is 2.32. The summed E-state index contributed by atoms with van der Waals surface area (Å²) < 4.78 is 44.5. The minimum absolute atomic E-state index is 0.0471. The van der Waals surface area contributed by atoms with Crippen molar-refractivity contribution in [2.24, 2.45) is 0 Å². The lowest BCUT2D eigenvalue weighted by atomic mass is 10.2. The highest BCUT2D eigenvalue weighted by molar-refractivity contribution is 6.30. The number of hydrogen-bond acceptors (Lipinski definition) is 4. The van der Waals surface area contributed by atoms with Crippen LogP contribution in [0.5, 0.6) is 0 Å². The number of benzene rings is 1. The molecule has 0 radical (unpaired) electrons. The third-order valence-corrected chi connectivity index (χ3v) is 3.93. The summed E-state index contributed by atoms with van der Waals surface area (Å²) in [6, 6.07) is 9.84. The molecule has 0 unspecified atom stereocenters. The lowest BCUT2D eigenvalue weighted by Crippen LogP contribution is -2.23. The van der Waals surface area contributed by atoms with Crippen LogP contribution in [0.15, 0.2) is 51.9 Å². The van der Waals surface area contributed by atoms with Crippen LogP contribution in [0.2, 0.25) is 5.02 Å². The van der Waals surface area contributed by atoms with Crippen LogP contribution in [0.25, 0.3) is 11.4 Å². The summed E-state index contributed by atoms with van der Waals surface area (Å²) in [6.07, 6.45) is -3.15. The molecular weight excluding hydrogens is 371 g/mol. The van der Waals surface area contributed by atoms with E-state index in [2.05, 4.69) is 10.1 Å². The fourth-order valence-electron chi connectivity index (χ4n) is 2.38. The maximum atomic E-state index is 12.8. The molecule has 26 heavy (non-hydrogen) atoms. The summed E-state index contributed by atoms with van der Waals surface area (Å²) in [7, 11) is 0. The molecule has 0 spiro atoms. The van der Waals surface area contributed by atoms with E-state index in [4.69, 9.17) is 16.1 Å². The van der Waals surface area contributed by atoms with E-state index in [0.29, 0.717) is 30.6 Å². The van der Waals surface area contributed by atoms with Gasteiger partial charge in [-0.2, -0.15) is 18.2 Å². The average molecular weight is 384 g/mol. The predicted octanol–water partition coefficient (Wildman–Crippen LogP) is 4.20. The second-order valence-corrected chi connectivity index (χ2v) is 5.96. The van der Waals surface area contributed by atoms with Crippen LogP contribution in [0, 0.1) is 0 Å². The molecule has 0 aliphatic carbocycles. The molecule has 3 aromatic rings. The number of nitrogens with zero attached hydrogens (tertiary/aromatic N) is 3. The van der Waals surface area contributed by atoms with Crippen LogP contribution < -0.4 is 5.56 Å². The molecule has 0 N–H and O–H groups in total. The Bertz CT molecular complexity index is 952. The number of aromatic nitrogens is 3. The molecule has 1 aromatic carbocycles. The average Bonchev–Trinajstić information content (AvgIpc) is 3.07. The molecule has 0 saturated carbocycles. The van der Waals surface area contributed by atoms with Crippen molar-refractivity contribution in [2.45, 2.75) is 25.6 Å². The van der Waals surface area contributed by atoms with Crippen molar-refractivity contribution in [3.63, 3.8) is 0 Å². The molecular formula is C17H13ClF3N3O2. The van der Waals surface area contributed by atoms with Gasteiger partial charge < -0.3 is 9.09 Å². The van der Waals surface area contributed by atoms with E-state index in [-0.39, 0.29) is 6.54 Å². The van der Waals surface area contributed by atoms with Gasteiger partial charge >= 0.3 is 6.18 Å². The molecule has 0 fully saturated rings. The first kappa shape index (κ1) is 18.2. The Labute approximate surface area is 151 Å². The van der Waals surface area contributed by atoms with Gasteiger partial charge in [0.25, 0.3) is 5.56 Å². The van der Waals surface area contributed by atoms with Gasteiger partial charge in [0.2, 0.25) is 11.7 Å². The van der Waals surface area contributed by atoms with Gasteiger partial charge in [0.15, 0.2) is 0 Å². The van der Waals surface area contributed by atoms with E-state index in [0.717, 1.165) is 16.3 Å². The van der Waals surface area contributed by atoms with Crippen molar-refractivity contribution >= 4 is 11.6 Å². The molecule has 0 atom stereocenters. The summed E-state index contributed by atoms with van der Waals surface area (Å²) in [6.45, 7) is 0.0471. The van der Waals surface area contributed by atoms with E-state index in [9.17, 15) is 18.0 Å². The highest BCUT2D eigenvalue weighted by atomic mass is 35.5. The molecule has 0 aliphatic heterocycles. The maximum Gasteiger partial charge on any atom is 0.417 e. The minimum atomic E-state index is -4.57. The van der Waals surface area contributed by atoms with Crippen molar-refractivity contribution in [1.82, 2.24) is 14.7 Å². The van der Waals surface area contributed by atoms with Gasteiger partial charge in [0.1, 0.15) is 5.02 Å². The van der Waals surface area contributed by atoms with Crippen molar-refractivity contribution in [3.8, 4) is 11.4 Å². The topological polar surface area (TPSA) is 60.9 Å². The second kappa shape index (κ2) is 7.33. The predicted molar refractivity (Wildman–Crippen MR) is 88.8 cm³/mol. The van der Waals surface area contributed by atoms with Crippen LogP contribution in [-0.4, -0.2) is 14.7 Å². The van der Waals surface area contributed by atoms with Gasteiger partial charge in [-0.1, -0.05) is 47.1 Å². The SMILES string of the molecule is O=c1c(Cl)cc(C(F)(F)F)cn1CCCc1nc(-c2ccccc2)no1. The highest BCUT2D eigenvalue weighted by Crippen LogP contribution is 2.29. The fourth-order valence-corrected chi connectivity index (χ4v) is 2.61. The van der Waals surface area contributed by atoms with E-state index in [1.165, 1.54) is 0 Å². The molecule has 2 aromatic heterocycles. The van der Waals surface area contributed by atoms with E-state index >= 15 is 0 Å². The number of halogens is 4. The summed E-state index contributed by atoms with van der Waals surface area (Å²) in [5.41, 5.74) is -0.843. The largest absolute Gasteiger partial charge is 0.417 e. The lowest BCUT2D eigenvalue weighted by Gasteiger charge is -2.11. The second-order valence-electron chi connectivity index (χ2n) is 5.55. The molecule has 0 bridgehead atoms. The number of pyridine rings is 1. The first-order valence-corrected chi connectivity index (χ1v) is 8.07. The monoisotopic (exact) mass is 383 g/mol. The Balaban J connectivity index is 1.68. The molecule has 2 heterocycles. The molecule has 3 rings (SSSR count). The zero-order valence-corrected chi connectivity index (χ0v) is 14.1. The van der Waals surface area contributed by atoms with Gasteiger partial charge in [0, 0.05) is 24.7 Å². The Hall–Kier alpha value is -2.61. The Morgan fingerprint density at radius 3 is 2.62 bits per heavy atom. The molecule has 9 heteroatoms. The molecule has 0 amide bonds. The number of rotatable bonds is 5. The Morgan fingerprint density at radius 1 is 1.19 bits per heavy atom. The van der Waals surface area contributed by atoms with Gasteiger partial charge in [0.05, 0.1) is 5.56 Å². The summed E-state index contributed by atoms with van der Waals surface area (Å²) in [4.78, 5) is 16.1. The third-order valence-electron chi connectivity index (χ3n) is 3.66. The standard InChI is InChI=1S/C17H13ClF3N3O2/c18-13-9-12(17(19,20)21)10-24(16(13)25)8-4-7-14-22-15(23-26-14)11-5-2-1-3-6-11/h1-3,5-6,9-10H,4,7-8H2. The number of alkyl halides is 3. The van der Waals surface area contributed by atoms with Crippen molar-refractivity contribution in [3.05, 3.63) is 69.4 Å². The van der Waals surface area contributed by atoms with Crippen molar-refractivity contribution < 1.29 is 17.7 Å². The van der Waals surface area contributed by atoms with E-state index in [1.807, 2.05) is 30.3 Å². The Kier molecular flexibility index (Phi) is 5.13. The smallest absolute Gasteiger partial charge is 0.339 e. The van der Waals surface area contributed by atoms with Gasteiger partial charge in [-0.05, 0) is 12.5 Å². The minimum Gasteiger partial charge on any atom is -0.339 e. The van der Waals surface area contributed by atoms with E-state index in [1.54, 1.807) is 0 Å². The number of hydrogen-bond donors (Lipinski definition) is 0. The maximum absolute atomic E-state index is 12.8. The zero-order chi connectivity index (χ0) is 18.7. The normalized spacial score (nSPS) is 11.7. The van der Waals surface area contributed by atoms with Crippen LogP contribution in [0.4, 0.5) is 13.2 Å². The lowest BCUT2D eigenvalue weighted by molar-refractivity contribution is -0.138. The first-order chi connectivity index (χ1) is 12.3. The fraction of sp³-hybridized carbons (Fsp3) is 0.235. The molecule has 0 aliphatic rings. The van der Waals surface area contributed by atoms with Crippen LogP contribution in [0.3, 0.4) is 0 Å². The van der Waals surface area contributed by atoms with Gasteiger partial charge in [-0.25, -0.2) is 0 Å². The van der Waals surface area contributed by atoms with Crippen LogP contribution in [-0.2, 0) is 19.1 Å². The third kappa shape index (κ3) is 4.13. The first-order valence-electron chi connectivity index (χ1n) is 7.70. The van der Waals surface area contributed by atoms with Crippen molar-refractivity contribution in [1.29, 1.82) is 0 Å². The summed E-state index contributed by atoms with van der Waals surface area (Å²) >= 11 is 5.62. The van der Waals surface area contributed by atoms with Gasteiger partial charge in [-0.3, -0.25) is 4.79 Å². The van der Waals surface area contributed by atoms with E-state index < -0.39 is 22.3 Å². The van der Waals surface area contributed by atoms with Crippen LogP contribution in [0.1, 0.15) is 17.9 Å². The quantitative estimate of drug-likeness (QED) is 0.662. The van der Waals surface area contributed by atoms with Crippen molar-refractivity contribution in [2.75, 3.05) is 0 Å². The zero-order valence-electron chi connectivity index (χ0n) is 13.3. The summed E-state index contributed by atoms with van der Waals surface area (Å²) in [5, 5.41) is 3.40. The molecule has 0 saturated heterocycles. The van der Waals surface area contributed by atoms with Crippen LogP contribution >= 0.6 is 11.6 Å². The Morgan fingerprint density at radius 2 is 1.92 bits per heavy atom. The molecule has 5 nitrogen and oxygen atoms in total. The van der Waals surface area contributed by atoms with Gasteiger partial charge in [-0.15, -0.1) is 0 Å². The molecule has 136 valence electrons. The number of aryl methyl sites for hydroxylation is 2.